The predicted octanol–water partition coefficient (Wildman–Crippen LogP) is 0.547. The summed E-state index contributed by atoms with van der Waals surface area (Å²) in [5, 5.41) is 2.88. The summed E-state index contributed by atoms with van der Waals surface area (Å²) in [6.07, 6.45) is 0.983. The Labute approximate surface area is 131 Å². The molecule has 2 aliphatic rings. The third-order valence-corrected chi connectivity index (χ3v) is 5.59. The Hall–Kier alpha value is -1.31. The van der Waals surface area contributed by atoms with E-state index in [1.165, 1.54) is 0 Å². The Balaban J connectivity index is 1.73. The van der Waals surface area contributed by atoms with Crippen molar-refractivity contribution >= 4 is 21.8 Å². The molecule has 0 spiro atoms. The third-order valence-electron chi connectivity index (χ3n) is 3.77. The normalized spacial score (nSPS) is 22.8. The minimum absolute atomic E-state index is 0.00510. The van der Waals surface area contributed by atoms with E-state index in [9.17, 15) is 18.0 Å². The Morgan fingerprint density at radius 2 is 1.68 bits per heavy atom. The van der Waals surface area contributed by atoms with E-state index in [2.05, 4.69) is 5.32 Å². The summed E-state index contributed by atoms with van der Waals surface area (Å²) in [5.74, 6) is -0.690. The lowest BCUT2D eigenvalue weighted by molar-refractivity contribution is -0.125. The molecule has 0 atom stereocenters. The van der Waals surface area contributed by atoms with Crippen molar-refractivity contribution in [3.05, 3.63) is 0 Å². The number of sulfone groups is 1. The second kappa shape index (κ2) is 6.06. The fraction of sp³-hybridized carbons (Fsp3) is 0.857. The van der Waals surface area contributed by atoms with Crippen molar-refractivity contribution < 1.29 is 22.7 Å². The first-order valence-electron chi connectivity index (χ1n) is 7.54. The average molecular weight is 332 g/mol. The van der Waals surface area contributed by atoms with Crippen LogP contribution in [-0.4, -0.2) is 61.6 Å². The summed E-state index contributed by atoms with van der Waals surface area (Å²) >= 11 is 0. The molecule has 0 saturated carbocycles. The molecule has 0 bridgehead atoms. The first kappa shape index (κ1) is 17.1. The number of rotatable bonds is 2. The number of amides is 2. The maximum absolute atomic E-state index is 11.9. The van der Waals surface area contributed by atoms with E-state index >= 15 is 0 Å². The molecular weight excluding hydrogens is 308 g/mol. The predicted molar refractivity (Wildman–Crippen MR) is 81.1 cm³/mol. The van der Waals surface area contributed by atoms with Gasteiger partial charge in [-0.1, -0.05) is 0 Å². The molecule has 1 N–H and O–H groups in total. The van der Waals surface area contributed by atoms with E-state index in [1.54, 1.807) is 4.90 Å². The van der Waals surface area contributed by atoms with E-state index in [-0.39, 0.29) is 29.5 Å². The van der Waals surface area contributed by atoms with Crippen LogP contribution in [0.5, 0.6) is 0 Å². The van der Waals surface area contributed by atoms with Gasteiger partial charge in [0.15, 0.2) is 9.84 Å². The van der Waals surface area contributed by atoms with Gasteiger partial charge in [-0.3, -0.25) is 4.79 Å². The minimum Gasteiger partial charge on any atom is -0.444 e. The minimum atomic E-state index is -2.98. The topological polar surface area (TPSA) is 92.8 Å². The lowest BCUT2D eigenvalue weighted by Gasteiger charge is -2.35. The van der Waals surface area contributed by atoms with Crippen LogP contribution in [0.4, 0.5) is 4.79 Å². The molecule has 2 amide bonds. The van der Waals surface area contributed by atoms with Gasteiger partial charge in [-0.25, -0.2) is 13.2 Å². The first-order valence-corrected chi connectivity index (χ1v) is 9.36. The molecule has 2 heterocycles. The van der Waals surface area contributed by atoms with Gasteiger partial charge in [0, 0.05) is 19.1 Å². The zero-order valence-electron chi connectivity index (χ0n) is 13.3. The van der Waals surface area contributed by atoms with E-state index < -0.39 is 21.4 Å². The standard InChI is InChI=1S/C14H24N2O5S/c1-14(2,3)21-13(18)16-6-4-11(5-7-16)15-12(17)10-8-22(19,20)9-10/h10-11H,4-9H2,1-3H3,(H,15,17). The summed E-state index contributed by atoms with van der Waals surface area (Å²) in [4.78, 5) is 25.5. The van der Waals surface area contributed by atoms with Crippen LogP contribution < -0.4 is 5.32 Å². The van der Waals surface area contributed by atoms with Crippen molar-refractivity contribution in [1.29, 1.82) is 0 Å². The van der Waals surface area contributed by atoms with Crippen LogP contribution in [0.3, 0.4) is 0 Å². The maximum Gasteiger partial charge on any atom is 0.410 e. The number of nitrogens with one attached hydrogen (secondary N) is 1. The van der Waals surface area contributed by atoms with Gasteiger partial charge < -0.3 is 15.0 Å². The van der Waals surface area contributed by atoms with Crippen LogP contribution in [0, 0.1) is 5.92 Å². The Bertz CT molecular complexity index is 532. The van der Waals surface area contributed by atoms with Crippen LogP contribution in [0.2, 0.25) is 0 Å². The molecule has 0 aliphatic carbocycles. The third kappa shape index (κ3) is 4.59. The number of nitrogens with zero attached hydrogens (tertiary/aromatic N) is 1. The first-order chi connectivity index (χ1) is 10.1. The largest absolute Gasteiger partial charge is 0.444 e. The lowest BCUT2D eigenvalue weighted by Crippen LogP contribution is -2.52. The second-order valence-corrected chi connectivity index (χ2v) is 9.18. The van der Waals surface area contributed by atoms with Gasteiger partial charge in [0.2, 0.25) is 5.91 Å². The molecule has 0 aromatic rings. The van der Waals surface area contributed by atoms with Crippen molar-refractivity contribution in [2.45, 2.75) is 45.3 Å². The van der Waals surface area contributed by atoms with Gasteiger partial charge in [0.05, 0.1) is 17.4 Å². The van der Waals surface area contributed by atoms with E-state index in [1.807, 2.05) is 20.8 Å². The molecule has 22 heavy (non-hydrogen) atoms. The van der Waals surface area contributed by atoms with Crippen LogP contribution in [0.1, 0.15) is 33.6 Å². The molecule has 7 nitrogen and oxygen atoms in total. The van der Waals surface area contributed by atoms with E-state index in [0.717, 1.165) is 0 Å². The quantitative estimate of drug-likeness (QED) is 0.797. The molecule has 0 aromatic carbocycles. The molecule has 0 unspecified atom stereocenters. The summed E-state index contributed by atoms with van der Waals surface area (Å²) in [7, 11) is -2.98. The Kier molecular flexibility index (Phi) is 4.70. The molecule has 0 aromatic heterocycles. The fourth-order valence-electron chi connectivity index (χ4n) is 2.57. The summed E-state index contributed by atoms with van der Waals surface area (Å²) < 4.78 is 27.5. The zero-order valence-corrected chi connectivity index (χ0v) is 14.1. The lowest BCUT2D eigenvalue weighted by atomic mass is 10.0. The van der Waals surface area contributed by atoms with Crippen LogP contribution in [0.25, 0.3) is 0 Å². The number of ether oxygens (including phenoxy) is 1. The highest BCUT2D eigenvalue weighted by Gasteiger charge is 2.39. The number of carbonyl (C=O) groups is 2. The Morgan fingerprint density at radius 3 is 2.14 bits per heavy atom. The van der Waals surface area contributed by atoms with Crippen LogP contribution in [0.15, 0.2) is 0 Å². The van der Waals surface area contributed by atoms with Gasteiger partial charge in [-0.15, -0.1) is 0 Å². The molecule has 0 radical (unpaired) electrons. The number of likely N-dealkylation sites (tertiary alicyclic amines) is 1. The van der Waals surface area contributed by atoms with Crippen LogP contribution in [-0.2, 0) is 19.4 Å². The van der Waals surface area contributed by atoms with Crippen LogP contribution >= 0.6 is 0 Å². The molecule has 8 heteroatoms. The summed E-state index contributed by atoms with van der Waals surface area (Å²) in [6, 6.07) is -0.00510. The number of hydrogen-bond donors (Lipinski definition) is 1. The zero-order chi connectivity index (χ0) is 16.5. The van der Waals surface area contributed by atoms with Crippen molar-refractivity contribution in [3.63, 3.8) is 0 Å². The molecule has 2 aliphatic heterocycles. The van der Waals surface area contributed by atoms with Gasteiger partial charge in [-0.2, -0.15) is 0 Å². The van der Waals surface area contributed by atoms with Gasteiger partial charge >= 0.3 is 6.09 Å². The highest BCUT2D eigenvalue weighted by molar-refractivity contribution is 7.92. The number of hydrogen-bond acceptors (Lipinski definition) is 5. The highest BCUT2D eigenvalue weighted by atomic mass is 32.2. The number of piperidine rings is 1. The summed E-state index contributed by atoms with van der Waals surface area (Å²) in [5.41, 5.74) is -0.516. The molecule has 2 fully saturated rings. The van der Waals surface area contributed by atoms with Crippen molar-refractivity contribution in [3.8, 4) is 0 Å². The molecule has 2 rings (SSSR count). The maximum atomic E-state index is 11.9. The van der Waals surface area contributed by atoms with Gasteiger partial charge in [0.1, 0.15) is 5.60 Å². The van der Waals surface area contributed by atoms with E-state index in [4.69, 9.17) is 4.74 Å². The number of carbonyl (C=O) groups excluding carboxylic acids is 2. The SMILES string of the molecule is CC(C)(C)OC(=O)N1CCC(NC(=O)C2CS(=O)(=O)C2)CC1. The average Bonchev–Trinajstić information content (AvgIpc) is 2.34. The van der Waals surface area contributed by atoms with Gasteiger partial charge in [0.25, 0.3) is 0 Å². The fourth-order valence-corrected chi connectivity index (χ4v) is 4.00. The highest BCUT2D eigenvalue weighted by Crippen LogP contribution is 2.20. The second-order valence-electron chi connectivity index (χ2n) is 7.02. The molecule has 126 valence electrons. The monoisotopic (exact) mass is 332 g/mol. The van der Waals surface area contributed by atoms with Crippen molar-refractivity contribution in [2.24, 2.45) is 5.92 Å². The van der Waals surface area contributed by atoms with Crippen molar-refractivity contribution in [2.75, 3.05) is 24.6 Å². The molecule has 2 saturated heterocycles. The van der Waals surface area contributed by atoms with Gasteiger partial charge in [-0.05, 0) is 33.6 Å². The molecular formula is C14H24N2O5S. The summed E-state index contributed by atoms with van der Waals surface area (Å²) in [6.45, 7) is 6.53. The van der Waals surface area contributed by atoms with E-state index in [0.29, 0.717) is 25.9 Å². The smallest absolute Gasteiger partial charge is 0.410 e. The Morgan fingerprint density at radius 1 is 1.14 bits per heavy atom. The van der Waals surface area contributed by atoms with Crippen molar-refractivity contribution in [1.82, 2.24) is 10.2 Å².